The first kappa shape index (κ1) is 19.9. The van der Waals surface area contributed by atoms with Crippen molar-refractivity contribution in [3.8, 4) is 5.75 Å². The number of halogens is 1. The number of nitrogens with one attached hydrogen (secondary N) is 1. The zero-order valence-corrected chi connectivity index (χ0v) is 17.5. The summed E-state index contributed by atoms with van der Waals surface area (Å²) in [5, 5.41) is 3.06. The topological polar surface area (TPSA) is 41.6 Å². The number of hydrogen-bond donors (Lipinski definition) is 1. The molecule has 0 bridgehead atoms. The lowest BCUT2D eigenvalue weighted by Crippen LogP contribution is -2.40. The van der Waals surface area contributed by atoms with Gasteiger partial charge in [0.05, 0.1) is 12.0 Å². The first-order valence-corrected chi connectivity index (χ1v) is 10.3. The van der Waals surface area contributed by atoms with Gasteiger partial charge in [-0.3, -0.25) is 9.69 Å². The van der Waals surface area contributed by atoms with E-state index in [4.69, 9.17) is 4.74 Å². The number of hydrogen-bond acceptors (Lipinski definition) is 3. The Morgan fingerprint density at radius 2 is 2.04 bits per heavy atom. The van der Waals surface area contributed by atoms with E-state index in [1.807, 2.05) is 44.2 Å². The van der Waals surface area contributed by atoms with Crippen LogP contribution in [0.2, 0.25) is 0 Å². The fourth-order valence-electron chi connectivity index (χ4n) is 3.44. The second-order valence-electron chi connectivity index (χ2n) is 7.38. The summed E-state index contributed by atoms with van der Waals surface area (Å²) in [6, 6.07) is 16.0. The number of carbonyl (C=O) groups excluding carboxylic acids is 1. The maximum atomic E-state index is 12.7. The molecule has 2 aromatic rings. The van der Waals surface area contributed by atoms with Gasteiger partial charge in [0.25, 0.3) is 0 Å². The summed E-state index contributed by atoms with van der Waals surface area (Å²) in [4.78, 5) is 15.1. The number of rotatable bonds is 6. The molecule has 2 aromatic carbocycles. The quantitative estimate of drug-likeness (QED) is 0.693. The van der Waals surface area contributed by atoms with Gasteiger partial charge in [0.1, 0.15) is 5.75 Å². The van der Waals surface area contributed by atoms with Gasteiger partial charge in [-0.05, 0) is 75.2 Å². The number of likely N-dealkylation sites (tertiary alicyclic amines) is 1. The van der Waals surface area contributed by atoms with Gasteiger partial charge >= 0.3 is 0 Å². The van der Waals surface area contributed by atoms with Crippen LogP contribution < -0.4 is 10.1 Å². The predicted molar refractivity (Wildman–Crippen MR) is 113 cm³/mol. The molecule has 0 radical (unpaired) electrons. The van der Waals surface area contributed by atoms with Gasteiger partial charge in [-0.25, -0.2) is 0 Å². The number of anilines is 1. The van der Waals surface area contributed by atoms with E-state index in [0.29, 0.717) is 0 Å². The lowest BCUT2D eigenvalue weighted by atomic mass is 9.96. The van der Waals surface area contributed by atoms with Crippen LogP contribution >= 0.6 is 15.9 Å². The summed E-state index contributed by atoms with van der Waals surface area (Å²) in [6.45, 7) is 6.71. The van der Waals surface area contributed by atoms with Gasteiger partial charge in [0.15, 0.2) is 0 Å². The molecule has 1 atom stereocenters. The zero-order chi connectivity index (χ0) is 19.2. The van der Waals surface area contributed by atoms with Crippen LogP contribution in [0.1, 0.15) is 32.3 Å². The molecule has 1 aliphatic rings. The van der Waals surface area contributed by atoms with E-state index in [9.17, 15) is 4.79 Å². The number of benzene rings is 2. The first-order valence-electron chi connectivity index (χ1n) is 9.54. The molecule has 1 N–H and O–H groups in total. The number of nitrogens with zero attached hydrogens (tertiary/aromatic N) is 1. The van der Waals surface area contributed by atoms with Crippen LogP contribution in [0, 0.1) is 5.92 Å². The van der Waals surface area contributed by atoms with Crippen molar-refractivity contribution in [1.29, 1.82) is 0 Å². The lowest BCUT2D eigenvalue weighted by molar-refractivity contribution is -0.121. The van der Waals surface area contributed by atoms with Crippen LogP contribution in [0.5, 0.6) is 5.75 Å². The van der Waals surface area contributed by atoms with Crippen molar-refractivity contribution in [2.75, 3.05) is 18.4 Å². The average molecular weight is 431 g/mol. The Hall–Kier alpha value is -1.85. The van der Waals surface area contributed by atoms with E-state index in [1.165, 1.54) is 5.56 Å². The Kier molecular flexibility index (Phi) is 6.91. The maximum absolute atomic E-state index is 12.7. The fourth-order valence-corrected chi connectivity index (χ4v) is 3.89. The summed E-state index contributed by atoms with van der Waals surface area (Å²) in [5.41, 5.74) is 2.09. The summed E-state index contributed by atoms with van der Waals surface area (Å²) in [7, 11) is 0. The minimum absolute atomic E-state index is 0.0255. The van der Waals surface area contributed by atoms with E-state index < -0.39 is 0 Å². The van der Waals surface area contributed by atoms with Gasteiger partial charge in [-0.2, -0.15) is 0 Å². The molecular formula is C22H27BrN2O2. The monoisotopic (exact) mass is 430 g/mol. The molecule has 4 nitrogen and oxygen atoms in total. The van der Waals surface area contributed by atoms with E-state index >= 15 is 0 Å². The minimum Gasteiger partial charge on any atom is -0.491 e. The van der Waals surface area contributed by atoms with Crippen LogP contribution in [-0.4, -0.2) is 30.0 Å². The Labute approximate surface area is 170 Å². The SMILES string of the molecule is CC(C)Oc1ccc(NC(=O)C2CCCN(Cc3cccc(Br)c3)C2)cc1. The van der Waals surface area contributed by atoms with Gasteiger partial charge < -0.3 is 10.1 Å². The normalized spacial score (nSPS) is 17.7. The lowest BCUT2D eigenvalue weighted by Gasteiger charge is -2.32. The van der Waals surface area contributed by atoms with Crippen molar-refractivity contribution in [2.45, 2.75) is 39.3 Å². The molecule has 1 fully saturated rings. The van der Waals surface area contributed by atoms with Crippen molar-refractivity contribution in [3.05, 3.63) is 58.6 Å². The molecule has 1 heterocycles. The molecule has 0 saturated carbocycles. The smallest absolute Gasteiger partial charge is 0.228 e. The van der Waals surface area contributed by atoms with Crippen LogP contribution in [0.4, 0.5) is 5.69 Å². The number of amides is 1. The molecule has 0 spiro atoms. The molecule has 1 saturated heterocycles. The van der Waals surface area contributed by atoms with Crippen LogP contribution in [0.3, 0.4) is 0 Å². The molecule has 0 aliphatic carbocycles. The van der Waals surface area contributed by atoms with Crippen molar-refractivity contribution >= 4 is 27.5 Å². The highest BCUT2D eigenvalue weighted by Crippen LogP contribution is 2.23. The van der Waals surface area contributed by atoms with Crippen LogP contribution in [-0.2, 0) is 11.3 Å². The van der Waals surface area contributed by atoms with Crippen molar-refractivity contribution < 1.29 is 9.53 Å². The predicted octanol–water partition coefficient (Wildman–Crippen LogP) is 5.09. The molecule has 1 amide bonds. The molecule has 27 heavy (non-hydrogen) atoms. The molecule has 5 heteroatoms. The largest absolute Gasteiger partial charge is 0.491 e. The second kappa shape index (κ2) is 9.38. The second-order valence-corrected chi connectivity index (χ2v) is 8.30. The van der Waals surface area contributed by atoms with Crippen LogP contribution in [0.15, 0.2) is 53.0 Å². The van der Waals surface area contributed by atoms with Crippen LogP contribution in [0.25, 0.3) is 0 Å². The highest BCUT2D eigenvalue weighted by Gasteiger charge is 2.25. The van der Waals surface area contributed by atoms with Gasteiger partial charge in [0, 0.05) is 23.2 Å². The summed E-state index contributed by atoms with van der Waals surface area (Å²) in [5.74, 6) is 0.949. The molecule has 3 rings (SSSR count). The third-order valence-corrected chi connectivity index (χ3v) is 5.16. The average Bonchev–Trinajstić information content (AvgIpc) is 2.63. The molecule has 144 valence electrons. The van der Waals surface area contributed by atoms with Crippen molar-refractivity contribution in [2.24, 2.45) is 5.92 Å². The highest BCUT2D eigenvalue weighted by molar-refractivity contribution is 9.10. The standard InChI is InChI=1S/C22H27BrN2O2/c1-16(2)27-21-10-8-20(9-11-21)24-22(26)18-6-4-12-25(15-18)14-17-5-3-7-19(23)13-17/h3,5,7-11,13,16,18H,4,6,12,14-15H2,1-2H3,(H,24,26). The van der Waals surface area contributed by atoms with E-state index in [2.05, 4.69) is 44.3 Å². The fraction of sp³-hybridized carbons (Fsp3) is 0.409. The van der Waals surface area contributed by atoms with Crippen molar-refractivity contribution in [1.82, 2.24) is 4.90 Å². The van der Waals surface area contributed by atoms with Gasteiger partial charge in [-0.15, -0.1) is 0 Å². The van der Waals surface area contributed by atoms with Gasteiger partial charge in [-0.1, -0.05) is 28.1 Å². The van der Waals surface area contributed by atoms with Crippen molar-refractivity contribution in [3.63, 3.8) is 0 Å². The molecule has 1 unspecified atom stereocenters. The summed E-state index contributed by atoms with van der Waals surface area (Å²) < 4.78 is 6.74. The zero-order valence-electron chi connectivity index (χ0n) is 16.0. The summed E-state index contributed by atoms with van der Waals surface area (Å²) in [6.07, 6.45) is 2.13. The molecule has 1 aliphatic heterocycles. The number of carbonyl (C=O) groups is 1. The number of piperidine rings is 1. The molecule has 0 aromatic heterocycles. The molecular weight excluding hydrogens is 404 g/mol. The maximum Gasteiger partial charge on any atom is 0.228 e. The number of ether oxygens (including phenoxy) is 1. The van der Waals surface area contributed by atoms with Gasteiger partial charge in [0.2, 0.25) is 5.91 Å². The Balaban J connectivity index is 1.55. The first-order chi connectivity index (χ1) is 13.0. The Morgan fingerprint density at radius 3 is 2.74 bits per heavy atom. The Bertz CT molecular complexity index is 761. The Morgan fingerprint density at radius 1 is 1.26 bits per heavy atom. The van der Waals surface area contributed by atoms with E-state index in [0.717, 1.165) is 48.4 Å². The van der Waals surface area contributed by atoms with E-state index in [1.54, 1.807) is 0 Å². The van der Waals surface area contributed by atoms with E-state index in [-0.39, 0.29) is 17.9 Å². The minimum atomic E-state index is 0.0255. The highest BCUT2D eigenvalue weighted by atomic mass is 79.9. The summed E-state index contributed by atoms with van der Waals surface area (Å²) >= 11 is 3.53. The third kappa shape index (κ3) is 6.08. The third-order valence-electron chi connectivity index (χ3n) is 4.67.